The second kappa shape index (κ2) is 7.09. The first-order valence-corrected chi connectivity index (χ1v) is 9.05. The zero-order valence-corrected chi connectivity index (χ0v) is 13.2. The molecule has 2 heterocycles. The molecule has 1 aromatic heterocycles. The van der Waals surface area contributed by atoms with E-state index < -0.39 is 10.0 Å². The highest BCUT2D eigenvalue weighted by Gasteiger charge is 2.26. The van der Waals surface area contributed by atoms with Crippen molar-refractivity contribution in [2.75, 3.05) is 31.9 Å². The van der Waals surface area contributed by atoms with Gasteiger partial charge < -0.3 is 9.88 Å². The first-order valence-electron chi connectivity index (χ1n) is 7.44. The zero-order valence-electron chi connectivity index (χ0n) is 12.4. The number of nitrogens with one attached hydrogen (secondary N) is 1. The van der Waals surface area contributed by atoms with Crippen molar-refractivity contribution in [2.24, 2.45) is 0 Å². The SMILES string of the molecule is CCCCS(=O)(=O)N1CCCN(C(=O)c2cc[nH]c2)CC1. The molecule has 118 valence electrons. The average Bonchev–Trinajstić information content (AvgIpc) is 2.88. The lowest BCUT2D eigenvalue weighted by Gasteiger charge is -2.21. The van der Waals surface area contributed by atoms with E-state index in [-0.39, 0.29) is 11.7 Å². The summed E-state index contributed by atoms with van der Waals surface area (Å²) in [5.74, 6) is 0.166. The van der Waals surface area contributed by atoms with Gasteiger partial charge in [0.25, 0.3) is 5.91 Å². The molecule has 0 saturated carbocycles. The highest BCUT2D eigenvalue weighted by Crippen LogP contribution is 2.12. The van der Waals surface area contributed by atoms with E-state index in [9.17, 15) is 13.2 Å². The van der Waals surface area contributed by atoms with Crippen LogP contribution in [-0.2, 0) is 10.0 Å². The topological polar surface area (TPSA) is 73.5 Å². The number of sulfonamides is 1. The normalized spacial score (nSPS) is 17.7. The van der Waals surface area contributed by atoms with Crippen molar-refractivity contribution >= 4 is 15.9 Å². The van der Waals surface area contributed by atoms with Crippen molar-refractivity contribution < 1.29 is 13.2 Å². The van der Waals surface area contributed by atoms with Crippen molar-refractivity contribution in [3.05, 3.63) is 24.0 Å². The highest BCUT2D eigenvalue weighted by atomic mass is 32.2. The fraction of sp³-hybridized carbons (Fsp3) is 0.643. The number of carbonyl (C=O) groups is 1. The Morgan fingerprint density at radius 2 is 2.10 bits per heavy atom. The standard InChI is InChI=1S/C14H23N3O3S/c1-2-3-11-21(19,20)17-8-4-7-16(9-10-17)14(18)13-5-6-15-12-13/h5-6,12,15H,2-4,7-11H2,1H3. The third-order valence-electron chi connectivity index (χ3n) is 3.74. The van der Waals surface area contributed by atoms with Gasteiger partial charge in [-0.3, -0.25) is 4.79 Å². The van der Waals surface area contributed by atoms with Gasteiger partial charge in [-0.2, -0.15) is 0 Å². The summed E-state index contributed by atoms with van der Waals surface area (Å²) in [4.78, 5) is 16.9. The third-order valence-corrected chi connectivity index (χ3v) is 5.69. The molecule has 2 rings (SSSR count). The Morgan fingerprint density at radius 1 is 1.29 bits per heavy atom. The summed E-state index contributed by atoms with van der Waals surface area (Å²) >= 11 is 0. The molecule has 1 N–H and O–H groups in total. The van der Waals surface area contributed by atoms with Crippen molar-refractivity contribution in [3.8, 4) is 0 Å². The second-order valence-electron chi connectivity index (χ2n) is 5.31. The number of H-pyrrole nitrogens is 1. The lowest BCUT2D eigenvalue weighted by atomic mass is 10.3. The Kier molecular flexibility index (Phi) is 5.41. The predicted molar refractivity (Wildman–Crippen MR) is 81.6 cm³/mol. The maximum Gasteiger partial charge on any atom is 0.255 e. The molecule has 1 aliphatic rings. The van der Waals surface area contributed by atoms with Gasteiger partial charge in [-0.05, 0) is 18.9 Å². The molecule has 0 bridgehead atoms. The van der Waals surface area contributed by atoms with Crippen molar-refractivity contribution in [2.45, 2.75) is 26.2 Å². The van der Waals surface area contributed by atoms with Gasteiger partial charge in [0.1, 0.15) is 0 Å². The van der Waals surface area contributed by atoms with E-state index in [2.05, 4.69) is 4.98 Å². The van der Waals surface area contributed by atoms with E-state index in [4.69, 9.17) is 0 Å². The number of nitrogens with zero attached hydrogens (tertiary/aromatic N) is 2. The van der Waals surface area contributed by atoms with Gasteiger partial charge in [0, 0.05) is 38.6 Å². The minimum absolute atomic E-state index is 0.0379. The lowest BCUT2D eigenvalue weighted by molar-refractivity contribution is 0.0764. The van der Waals surface area contributed by atoms with Gasteiger partial charge in [0.05, 0.1) is 11.3 Å². The quantitative estimate of drug-likeness (QED) is 0.890. The van der Waals surface area contributed by atoms with Crippen LogP contribution < -0.4 is 0 Å². The van der Waals surface area contributed by atoms with E-state index >= 15 is 0 Å². The second-order valence-corrected chi connectivity index (χ2v) is 7.40. The van der Waals surface area contributed by atoms with Crippen LogP contribution in [-0.4, -0.2) is 60.4 Å². The summed E-state index contributed by atoms with van der Waals surface area (Å²) in [6, 6.07) is 1.74. The van der Waals surface area contributed by atoms with Crippen LogP contribution in [0.15, 0.2) is 18.5 Å². The molecule has 0 aliphatic carbocycles. The summed E-state index contributed by atoms with van der Waals surface area (Å²) < 4.78 is 26.0. The molecule has 1 aromatic rings. The van der Waals surface area contributed by atoms with E-state index in [0.717, 1.165) is 6.42 Å². The maximum atomic E-state index is 12.3. The molecule has 0 aromatic carbocycles. The molecular weight excluding hydrogens is 290 g/mol. The third kappa shape index (κ3) is 4.07. The summed E-state index contributed by atoms with van der Waals surface area (Å²) in [5.41, 5.74) is 0.622. The van der Waals surface area contributed by atoms with E-state index in [1.165, 1.54) is 4.31 Å². The van der Waals surface area contributed by atoms with E-state index in [1.807, 2.05) is 6.92 Å². The lowest BCUT2D eigenvalue weighted by Crippen LogP contribution is -2.38. The molecule has 1 saturated heterocycles. The Morgan fingerprint density at radius 3 is 2.76 bits per heavy atom. The van der Waals surface area contributed by atoms with Crippen LogP contribution >= 0.6 is 0 Å². The number of hydrogen-bond donors (Lipinski definition) is 1. The molecule has 21 heavy (non-hydrogen) atoms. The Hall–Kier alpha value is -1.34. The van der Waals surface area contributed by atoms with E-state index in [1.54, 1.807) is 23.4 Å². The van der Waals surface area contributed by atoms with Gasteiger partial charge in [-0.25, -0.2) is 12.7 Å². The molecule has 7 heteroatoms. The average molecular weight is 313 g/mol. The van der Waals surface area contributed by atoms with Gasteiger partial charge >= 0.3 is 0 Å². The molecule has 6 nitrogen and oxygen atoms in total. The minimum Gasteiger partial charge on any atom is -0.367 e. The Labute approximate surface area is 126 Å². The van der Waals surface area contributed by atoms with Crippen molar-refractivity contribution in [3.63, 3.8) is 0 Å². The Bertz CT molecular complexity index is 554. The van der Waals surface area contributed by atoms with Crippen molar-refractivity contribution in [1.82, 2.24) is 14.2 Å². The largest absolute Gasteiger partial charge is 0.367 e. The molecular formula is C14H23N3O3S. The highest BCUT2D eigenvalue weighted by molar-refractivity contribution is 7.89. The number of carbonyl (C=O) groups excluding carboxylic acids is 1. The number of aromatic nitrogens is 1. The van der Waals surface area contributed by atoms with Gasteiger partial charge in [-0.1, -0.05) is 13.3 Å². The molecule has 1 amide bonds. The molecule has 0 unspecified atom stereocenters. The van der Waals surface area contributed by atoms with Crippen molar-refractivity contribution in [1.29, 1.82) is 0 Å². The van der Waals surface area contributed by atoms with Crippen LogP contribution in [0.3, 0.4) is 0 Å². The van der Waals surface area contributed by atoms with Crippen LogP contribution in [0.1, 0.15) is 36.5 Å². The minimum atomic E-state index is -3.18. The summed E-state index contributed by atoms with van der Waals surface area (Å²) in [5, 5.41) is 0. The van der Waals surface area contributed by atoms with Gasteiger partial charge in [-0.15, -0.1) is 0 Å². The van der Waals surface area contributed by atoms with Crippen LogP contribution in [0.2, 0.25) is 0 Å². The van der Waals surface area contributed by atoms with Crippen LogP contribution in [0.4, 0.5) is 0 Å². The zero-order chi connectivity index (χ0) is 15.3. The van der Waals surface area contributed by atoms with Crippen LogP contribution in [0, 0.1) is 0 Å². The maximum absolute atomic E-state index is 12.3. The molecule has 0 atom stereocenters. The molecule has 1 aliphatic heterocycles. The number of hydrogen-bond acceptors (Lipinski definition) is 3. The van der Waals surface area contributed by atoms with Crippen LogP contribution in [0.25, 0.3) is 0 Å². The fourth-order valence-electron chi connectivity index (χ4n) is 2.47. The van der Waals surface area contributed by atoms with Gasteiger partial charge in [0.15, 0.2) is 0 Å². The number of amides is 1. The monoisotopic (exact) mass is 313 g/mol. The number of aromatic amines is 1. The Balaban J connectivity index is 1.97. The van der Waals surface area contributed by atoms with E-state index in [0.29, 0.717) is 44.6 Å². The molecule has 0 radical (unpaired) electrons. The number of rotatable bonds is 5. The summed E-state index contributed by atoms with van der Waals surface area (Å²) in [7, 11) is -3.18. The number of unbranched alkanes of at least 4 members (excludes halogenated alkanes) is 1. The predicted octanol–water partition coefficient (Wildman–Crippen LogP) is 1.29. The first kappa shape index (κ1) is 16.0. The summed E-state index contributed by atoms with van der Waals surface area (Å²) in [6.07, 6.45) is 5.62. The van der Waals surface area contributed by atoms with Crippen LogP contribution in [0.5, 0.6) is 0 Å². The first-order chi connectivity index (χ1) is 10.0. The fourth-order valence-corrected chi connectivity index (χ4v) is 4.15. The smallest absolute Gasteiger partial charge is 0.255 e. The summed E-state index contributed by atoms with van der Waals surface area (Å²) in [6.45, 7) is 3.93. The molecule has 0 spiro atoms. The van der Waals surface area contributed by atoms with Gasteiger partial charge in [0.2, 0.25) is 10.0 Å². The molecule has 1 fully saturated rings.